The first-order valence-corrected chi connectivity index (χ1v) is 10.6. The van der Waals surface area contributed by atoms with Gasteiger partial charge in [0.15, 0.2) is 8.32 Å². The van der Waals surface area contributed by atoms with Crippen molar-refractivity contribution in [1.29, 1.82) is 0 Å². The number of ketones is 1. The Balaban J connectivity index is 2.57. The smallest absolute Gasteiger partial charge is 0.191 e. The Labute approximate surface area is 125 Å². The van der Waals surface area contributed by atoms with E-state index in [4.69, 9.17) is 9.16 Å². The largest absolute Gasteiger partial charge is 0.417 e. The molecule has 118 valence electrons. The van der Waals surface area contributed by atoms with Gasteiger partial charge in [-0.25, -0.2) is 0 Å². The lowest BCUT2D eigenvalue weighted by atomic mass is 9.93. The summed E-state index contributed by atoms with van der Waals surface area (Å²) in [5, 5.41) is 0.223. The van der Waals surface area contributed by atoms with Crippen molar-refractivity contribution >= 4 is 14.1 Å². The fourth-order valence-corrected chi connectivity index (χ4v) is 3.99. The molecule has 1 aliphatic rings. The van der Waals surface area contributed by atoms with Crippen LogP contribution >= 0.6 is 0 Å². The fraction of sp³-hybridized carbons (Fsp3) is 0.938. The van der Waals surface area contributed by atoms with E-state index in [-0.39, 0.29) is 23.0 Å². The molecule has 20 heavy (non-hydrogen) atoms. The molecular weight excluding hydrogens is 268 g/mol. The van der Waals surface area contributed by atoms with Crippen LogP contribution in [-0.2, 0) is 14.0 Å². The van der Waals surface area contributed by atoms with Gasteiger partial charge in [-0.1, -0.05) is 34.6 Å². The van der Waals surface area contributed by atoms with Crippen LogP contribution in [0, 0.1) is 17.8 Å². The van der Waals surface area contributed by atoms with Crippen LogP contribution in [0.5, 0.6) is 0 Å². The van der Waals surface area contributed by atoms with Gasteiger partial charge in [0.25, 0.3) is 0 Å². The zero-order chi connectivity index (χ0) is 15.7. The molecule has 1 fully saturated rings. The van der Waals surface area contributed by atoms with Gasteiger partial charge in [-0.15, -0.1) is 0 Å². The molecule has 1 saturated carbocycles. The molecule has 0 amide bonds. The molecule has 0 spiro atoms. The lowest BCUT2D eigenvalue weighted by Gasteiger charge is -2.36. The van der Waals surface area contributed by atoms with Crippen molar-refractivity contribution in [1.82, 2.24) is 0 Å². The van der Waals surface area contributed by atoms with E-state index in [9.17, 15) is 4.79 Å². The van der Waals surface area contributed by atoms with Crippen LogP contribution in [-0.4, -0.2) is 33.9 Å². The molecule has 0 unspecified atom stereocenters. The third-order valence-electron chi connectivity index (χ3n) is 5.43. The second-order valence-corrected chi connectivity index (χ2v) is 12.6. The molecule has 0 radical (unpaired) electrons. The average molecular weight is 301 g/mol. The summed E-state index contributed by atoms with van der Waals surface area (Å²) in [6.07, 6.45) is 0.900. The molecular formula is C16H32O3Si. The number of ether oxygens (including phenoxy) is 1. The zero-order valence-electron chi connectivity index (χ0n) is 14.4. The van der Waals surface area contributed by atoms with Crippen molar-refractivity contribution in [2.75, 3.05) is 13.7 Å². The van der Waals surface area contributed by atoms with Crippen LogP contribution in [0.3, 0.4) is 0 Å². The summed E-state index contributed by atoms with van der Waals surface area (Å²) >= 11 is 0. The molecule has 1 rings (SSSR count). The Morgan fingerprint density at radius 3 is 2.15 bits per heavy atom. The van der Waals surface area contributed by atoms with E-state index >= 15 is 0 Å². The number of hydrogen-bond donors (Lipinski definition) is 0. The summed E-state index contributed by atoms with van der Waals surface area (Å²) in [6.45, 7) is 16.1. The first-order valence-electron chi connectivity index (χ1n) is 7.73. The normalized spacial score (nSPS) is 31.9. The SMILES string of the molecule is CO[C@H]1[C@H](C)[C@@H](CCO[Si](C)(C)C(C)(C)C)C(=O)[C@@H]1C. The van der Waals surface area contributed by atoms with E-state index in [0.29, 0.717) is 18.3 Å². The minimum Gasteiger partial charge on any atom is -0.417 e. The Bertz CT molecular complexity index is 346. The van der Waals surface area contributed by atoms with Gasteiger partial charge < -0.3 is 9.16 Å². The molecule has 1 aliphatic carbocycles. The molecule has 4 atom stereocenters. The molecule has 0 N–H and O–H groups in total. The highest BCUT2D eigenvalue weighted by Crippen LogP contribution is 2.39. The second-order valence-electron chi connectivity index (χ2n) is 7.75. The molecule has 4 heteroatoms. The van der Waals surface area contributed by atoms with Gasteiger partial charge in [0, 0.05) is 25.6 Å². The highest BCUT2D eigenvalue weighted by molar-refractivity contribution is 6.74. The molecule has 3 nitrogen and oxygen atoms in total. The van der Waals surface area contributed by atoms with Crippen LogP contribution in [0.1, 0.15) is 41.0 Å². The quantitative estimate of drug-likeness (QED) is 0.723. The minimum atomic E-state index is -1.71. The van der Waals surface area contributed by atoms with Gasteiger partial charge in [-0.05, 0) is 30.5 Å². The van der Waals surface area contributed by atoms with Crippen molar-refractivity contribution in [3.05, 3.63) is 0 Å². The number of Topliss-reactive ketones (excluding diaryl/α,β-unsaturated/α-hetero) is 1. The average Bonchev–Trinajstić information content (AvgIpc) is 2.51. The van der Waals surface area contributed by atoms with Gasteiger partial charge in [-0.3, -0.25) is 4.79 Å². The maximum atomic E-state index is 12.3. The van der Waals surface area contributed by atoms with E-state index in [1.54, 1.807) is 7.11 Å². The summed E-state index contributed by atoms with van der Waals surface area (Å²) in [4.78, 5) is 12.3. The van der Waals surface area contributed by atoms with Crippen molar-refractivity contribution in [2.45, 2.75) is 65.3 Å². The number of hydrogen-bond acceptors (Lipinski definition) is 3. The minimum absolute atomic E-state index is 0.0212. The van der Waals surface area contributed by atoms with Crippen LogP contribution in [0.2, 0.25) is 18.1 Å². The summed E-state index contributed by atoms with van der Waals surface area (Å²) in [7, 11) is 0.00207. The van der Waals surface area contributed by atoms with Crippen molar-refractivity contribution < 1.29 is 14.0 Å². The van der Waals surface area contributed by atoms with E-state index in [1.807, 2.05) is 6.92 Å². The van der Waals surface area contributed by atoms with Gasteiger partial charge in [0.1, 0.15) is 5.78 Å². The summed E-state index contributed by atoms with van der Waals surface area (Å²) in [5.74, 6) is 0.765. The standard InChI is InChI=1S/C16H32O3Si/c1-11-13(14(17)12(2)15(11)18-6)9-10-19-20(7,8)16(3,4)5/h11-13,15H,9-10H2,1-8H3/t11-,12+,13-,15+/m1/s1. The van der Waals surface area contributed by atoms with E-state index < -0.39 is 8.32 Å². The first kappa shape index (κ1) is 17.9. The van der Waals surface area contributed by atoms with Crippen LogP contribution in [0.4, 0.5) is 0 Å². The maximum Gasteiger partial charge on any atom is 0.191 e. The van der Waals surface area contributed by atoms with Gasteiger partial charge in [0.2, 0.25) is 0 Å². The number of methoxy groups -OCH3 is 1. The van der Waals surface area contributed by atoms with Crippen LogP contribution in [0.25, 0.3) is 0 Å². The molecule has 0 aromatic carbocycles. The van der Waals surface area contributed by atoms with Gasteiger partial charge in [-0.2, -0.15) is 0 Å². The first-order chi connectivity index (χ1) is 9.03. The van der Waals surface area contributed by atoms with Gasteiger partial charge >= 0.3 is 0 Å². The lowest BCUT2D eigenvalue weighted by molar-refractivity contribution is -0.125. The Morgan fingerprint density at radius 1 is 1.20 bits per heavy atom. The number of carbonyl (C=O) groups excluding carboxylic acids is 1. The predicted molar refractivity (Wildman–Crippen MR) is 85.4 cm³/mol. The molecule has 0 aromatic heterocycles. The fourth-order valence-electron chi connectivity index (χ4n) is 2.92. The summed E-state index contributed by atoms with van der Waals surface area (Å²) in [6, 6.07) is 0. The Hall–Kier alpha value is -0.193. The van der Waals surface area contributed by atoms with Gasteiger partial charge in [0.05, 0.1) is 6.10 Å². The van der Waals surface area contributed by atoms with E-state index in [2.05, 4.69) is 40.8 Å². The Kier molecular flexibility index (Phi) is 5.61. The Morgan fingerprint density at radius 2 is 1.75 bits per heavy atom. The highest BCUT2D eigenvalue weighted by atomic mass is 28.4. The molecule has 0 aromatic rings. The van der Waals surface area contributed by atoms with E-state index in [1.165, 1.54) is 0 Å². The van der Waals surface area contributed by atoms with E-state index in [0.717, 1.165) is 6.42 Å². The molecule has 0 bridgehead atoms. The zero-order valence-corrected chi connectivity index (χ0v) is 15.4. The topological polar surface area (TPSA) is 35.5 Å². The molecule has 0 heterocycles. The van der Waals surface area contributed by atoms with Crippen molar-refractivity contribution in [2.24, 2.45) is 17.8 Å². The summed E-state index contributed by atoms with van der Waals surface area (Å²) < 4.78 is 11.7. The maximum absolute atomic E-state index is 12.3. The third-order valence-corrected chi connectivity index (χ3v) is 9.97. The lowest BCUT2D eigenvalue weighted by Crippen LogP contribution is -2.41. The molecule has 0 saturated heterocycles. The summed E-state index contributed by atoms with van der Waals surface area (Å²) in [5.41, 5.74) is 0. The van der Waals surface area contributed by atoms with Crippen LogP contribution in [0.15, 0.2) is 0 Å². The van der Waals surface area contributed by atoms with Crippen molar-refractivity contribution in [3.8, 4) is 0 Å². The number of carbonyl (C=O) groups is 1. The second kappa shape index (κ2) is 6.28. The van der Waals surface area contributed by atoms with Crippen LogP contribution < -0.4 is 0 Å². The molecule has 0 aliphatic heterocycles. The highest BCUT2D eigenvalue weighted by Gasteiger charge is 2.45. The third kappa shape index (κ3) is 3.52. The predicted octanol–water partition coefficient (Wildman–Crippen LogP) is 3.88. The number of rotatable bonds is 5. The monoisotopic (exact) mass is 300 g/mol. The van der Waals surface area contributed by atoms with Crippen molar-refractivity contribution in [3.63, 3.8) is 0 Å².